The van der Waals surface area contributed by atoms with Crippen molar-refractivity contribution >= 4 is 23.5 Å². The first-order chi connectivity index (χ1) is 13.5. The van der Waals surface area contributed by atoms with E-state index in [1.54, 1.807) is 48.5 Å². The monoisotopic (exact) mass is 386 g/mol. The maximum atomic E-state index is 12.1. The summed E-state index contributed by atoms with van der Waals surface area (Å²) in [6.45, 7) is 0.123. The molecule has 28 heavy (non-hydrogen) atoms. The smallest absolute Gasteiger partial charge is 0.303 e. The summed E-state index contributed by atoms with van der Waals surface area (Å²) in [6.07, 6.45) is 0.469. The van der Waals surface area contributed by atoms with Gasteiger partial charge in [-0.25, -0.2) is 0 Å². The zero-order valence-corrected chi connectivity index (χ0v) is 15.4. The van der Waals surface area contributed by atoms with E-state index in [2.05, 4.69) is 10.6 Å². The van der Waals surface area contributed by atoms with Gasteiger partial charge in [-0.2, -0.15) is 0 Å². The minimum atomic E-state index is -0.861. The van der Waals surface area contributed by atoms with E-state index in [1.807, 2.05) is 0 Å². The van der Waals surface area contributed by atoms with Crippen molar-refractivity contribution in [3.05, 3.63) is 54.1 Å². The number of aliphatic carboxylic acids is 1. The summed E-state index contributed by atoms with van der Waals surface area (Å²) in [7, 11) is 1.51. The average molecular weight is 386 g/mol. The molecule has 0 fully saturated rings. The van der Waals surface area contributed by atoms with Crippen LogP contribution in [0.3, 0.4) is 0 Å². The van der Waals surface area contributed by atoms with Gasteiger partial charge in [0.2, 0.25) is 5.91 Å². The standard InChI is InChI=1S/C20H22N2O6/c1-27-17-5-2-4-14(12-17)20(26)21-13-18(23)22-15-7-9-16(10-8-15)28-11-3-6-19(24)25/h2,4-5,7-10,12H,3,6,11,13H2,1H3,(H,21,26)(H,22,23)(H,24,25). The van der Waals surface area contributed by atoms with E-state index in [0.717, 1.165) is 0 Å². The van der Waals surface area contributed by atoms with Gasteiger partial charge < -0.3 is 25.2 Å². The van der Waals surface area contributed by atoms with E-state index in [0.29, 0.717) is 35.8 Å². The first-order valence-electron chi connectivity index (χ1n) is 8.64. The van der Waals surface area contributed by atoms with Crippen LogP contribution in [0.25, 0.3) is 0 Å². The van der Waals surface area contributed by atoms with Crippen LogP contribution >= 0.6 is 0 Å². The number of methoxy groups -OCH3 is 1. The van der Waals surface area contributed by atoms with Crippen molar-refractivity contribution in [2.24, 2.45) is 0 Å². The summed E-state index contributed by atoms with van der Waals surface area (Å²) in [6, 6.07) is 13.3. The van der Waals surface area contributed by atoms with Crippen LogP contribution in [-0.2, 0) is 9.59 Å². The van der Waals surface area contributed by atoms with Crippen LogP contribution in [0.15, 0.2) is 48.5 Å². The zero-order chi connectivity index (χ0) is 20.4. The van der Waals surface area contributed by atoms with Gasteiger partial charge in [0.05, 0.1) is 20.3 Å². The molecular formula is C20H22N2O6. The third kappa shape index (κ3) is 6.99. The van der Waals surface area contributed by atoms with Gasteiger partial charge in [0.15, 0.2) is 0 Å². The molecule has 8 nitrogen and oxygen atoms in total. The molecule has 0 aliphatic heterocycles. The van der Waals surface area contributed by atoms with Crippen LogP contribution in [0.1, 0.15) is 23.2 Å². The highest BCUT2D eigenvalue weighted by Gasteiger charge is 2.09. The number of benzene rings is 2. The van der Waals surface area contributed by atoms with Crippen molar-refractivity contribution in [2.45, 2.75) is 12.8 Å². The van der Waals surface area contributed by atoms with E-state index in [9.17, 15) is 14.4 Å². The lowest BCUT2D eigenvalue weighted by atomic mass is 10.2. The number of anilines is 1. The molecule has 0 spiro atoms. The van der Waals surface area contributed by atoms with Crippen LogP contribution in [-0.4, -0.2) is 43.2 Å². The zero-order valence-electron chi connectivity index (χ0n) is 15.4. The second-order valence-corrected chi connectivity index (χ2v) is 5.83. The predicted molar refractivity (Wildman–Crippen MR) is 103 cm³/mol. The third-order valence-corrected chi connectivity index (χ3v) is 3.68. The summed E-state index contributed by atoms with van der Waals surface area (Å²) < 4.78 is 10.5. The average Bonchev–Trinajstić information content (AvgIpc) is 2.70. The number of nitrogens with one attached hydrogen (secondary N) is 2. The lowest BCUT2D eigenvalue weighted by Gasteiger charge is -2.09. The number of hydrogen-bond donors (Lipinski definition) is 3. The molecule has 0 aliphatic rings. The van der Waals surface area contributed by atoms with E-state index in [1.165, 1.54) is 7.11 Å². The Hall–Kier alpha value is -3.55. The Bertz CT molecular complexity index is 820. The summed E-state index contributed by atoms with van der Waals surface area (Å²) in [5.74, 6) is -0.470. The maximum absolute atomic E-state index is 12.1. The fourth-order valence-corrected chi connectivity index (χ4v) is 2.28. The molecule has 8 heteroatoms. The highest BCUT2D eigenvalue weighted by molar-refractivity contribution is 5.99. The molecule has 0 atom stereocenters. The third-order valence-electron chi connectivity index (χ3n) is 3.68. The topological polar surface area (TPSA) is 114 Å². The number of amides is 2. The molecule has 3 N–H and O–H groups in total. The van der Waals surface area contributed by atoms with Gasteiger partial charge in [0.1, 0.15) is 11.5 Å². The van der Waals surface area contributed by atoms with Crippen LogP contribution in [0.4, 0.5) is 5.69 Å². The van der Waals surface area contributed by atoms with Crippen molar-refractivity contribution < 1.29 is 29.0 Å². The second-order valence-electron chi connectivity index (χ2n) is 5.83. The number of rotatable bonds is 10. The molecule has 0 radical (unpaired) electrons. The highest BCUT2D eigenvalue weighted by atomic mass is 16.5. The lowest BCUT2D eigenvalue weighted by Crippen LogP contribution is -2.32. The highest BCUT2D eigenvalue weighted by Crippen LogP contribution is 2.16. The minimum absolute atomic E-state index is 0.0512. The van der Waals surface area contributed by atoms with E-state index >= 15 is 0 Å². The Morgan fingerprint density at radius 2 is 1.79 bits per heavy atom. The van der Waals surface area contributed by atoms with Crippen molar-refractivity contribution in [3.8, 4) is 11.5 Å². The predicted octanol–water partition coefficient (Wildman–Crippen LogP) is 2.31. The fraction of sp³-hybridized carbons (Fsp3) is 0.250. The molecule has 2 aromatic rings. The molecule has 0 bridgehead atoms. The Kier molecular flexibility index (Phi) is 7.83. The SMILES string of the molecule is COc1cccc(C(=O)NCC(=O)Nc2ccc(OCCCC(=O)O)cc2)c1. The molecule has 0 heterocycles. The van der Waals surface area contributed by atoms with Crippen LogP contribution < -0.4 is 20.1 Å². The first-order valence-corrected chi connectivity index (χ1v) is 8.64. The summed E-state index contributed by atoms with van der Waals surface area (Å²) in [4.78, 5) is 34.5. The Balaban J connectivity index is 1.76. The van der Waals surface area contributed by atoms with E-state index in [-0.39, 0.29) is 24.8 Å². The number of carbonyl (C=O) groups is 3. The number of carbonyl (C=O) groups excluding carboxylic acids is 2. The van der Waals surface area contributed by atoms with Crippen LogP contribution in [0, 0.1) is 0 Å². The van der Waals surface area contributed by atoms with Crippen LogP contribution in [0.2, 0.25) is 0 Å². The molecule has 148 valence electrons. The van der Waals surface area contributed by atoms with Gasteiger partial charge in [0, 0.05) is 17.7 Å². The first kappa shape index (κ1) is 20.8. The molecule has 0 unspecified atom stereocenters. The normalized spacial score (nSPS) is 10.0. The maximum Gasteiger partial charge on any atom is 0.303 e. The van der Waals surface area contributed by atoms with Gasteiger partial charge in [-0.05, 0) is 48.9 Å². The summed E-state index contributed by atoms with van der Waals surface area (Å²) in [5.41, 5.74) is 0.954. The van der Waals surface area contributed by atoms with Crippen LogP contribution in [0.5, 0.6) is 11.5 Å². The Morgan fingerprint density at radius 1 is 1.04 bits per heavy atom. The van der Waals surface area contributed by atoms with Gasteiger partial charge >= 0.3 is 5.97 Å². The molecule has 2 aromatic carbocycles. The van der Waals surface area contributed by atoms with Crippen molar-refractivity contribution in [3.63, 3.8) is 0 Å². The number of carboxylic acid groups (broad SMARTS) is 1. The largest absolute Gasteiger partial charge is 0.497 e. The van der Waals surface area contributed by atoms with Crippen molar-refractivity contribution in [1.82, 2.24) is 5.32 Å². The Morgan fingerprint density at radius 3 is 2.46 bits per heavy atom. The van der Waals surface area contributed by atoms with E-state index < -0.39 is 5.97 Å². The molecule has 0 saturated heterocycles. The molecule has 2 amide bonds. The van der Waals surface area contributed by atoms with Gasteiger partial charge in [-0.3, -0.25) is 14.4 Å². The summed E-state index contributed by atoms with van der Waals surface area (Å²) in [5, 5.41) is 13.8. The van der Waals surface area contributed by atoms with Crippen molar-refractivity contribution in [2.75, 3.05) is 25.6 Å². The molecule has 0 saturated carbocycles. The number of hydrogen-bond acceptors (Lipinski definition) is 5. The molecular weight excluding hydrogens is 364 g/mol. The summed E-state index contributed by atoms with van der Waals surface area (Å²) >= 11 is 0. The van der Waals surface area contributed by atoms with E-state index in [4.69, 9.17) is 14.6 Å². The quantitative estimate of drug-likeness (QED) is 0.540. The number of ether oxygens (including phenoxy) is 2. The van der Waals surface area contributed by atoms with Gasteiger partial charge in [-0.1, -0.05) is 6.07 Å². The second kappa shape index (κ2) is 10.6. The molecule has 0 aliphatic carbocycles. The fourth-order valence-electron chi connectivity index (χ4n) is 2.28. The lowest BCUT2D eigenvalue weighted by molar-refractivity contribution is -0.137. The minimum Gasteiger partial charge on any atom is -0.497 e. The van der Waals surface area contributed by atoms with Gasteiger partial charge in [-0.15, -0.1) is 0 Å². The molecule has 2 rings (SSSR count). The Labute approximate surface area is 162 Å². The number of carboxylic acids is 1. The van der Waals surface area contributed by atoms with Gasteiger partial charge in [0.25, 0.3) is 5.91 Å². The van der Waals surface area contributed by atoms with Crippen molar-refractivity contribution in [1.29, 1.82) is 0 Å². The molecule has 0 aromatic heterocycles.